The molecule has 1 amide bonds. The highest BCUT2D eigenvalue weighted by molar-refractivity contribution is 5.76. The second-order valence-electron chi connectivity index (χ2n) is 5.35. The quantitative estimate of drug-likeness (QED) is 0.858. The van der Waals surface area contributed by atoms with Crippen molar-refractivity contribution < 1.29 is 9.18 Å². The van der Waals surface area contributed by atoms with Gasteiger partial charge >= 0.3 is 0 Å². The molecule has 0 bridgehead atoms. The number of anilines is 1. The molecule has 0 N–H and O–H groups in total. The van der Waals surface area contributed by atoms with Crippen molar-refractivity contribution in [3.8, 4) is 6.07 Å². The van der Waals surface area contributed by atoms with Crippen LogP contribution in [0, 0.1) is 24.1 Å². The van der Waals surface area contributed by atoms with Gasteiger partial charge in [-0.15, -0.1) is 0 Å². The van der Waals surface area contributed by atoms with E-state index in [1.807, 2.05) is 29.7 Å². The van der Waals surface area contributed by atoms with Crippen molar-refractivity contribution >= 4 is 11.6 Å². The third-order valence-corrected chi connectivity index (χ3v) is 3.85. The zero-order valence-electron chi connectivity index (χ0n) is 12.5. The molecule has 21 heavy (non-hydrogen) atoms. The van der Waals surface area contributed by atoms with Crippen molar-refractivity contribution in [2.75, 3.05) is 31.1 Å². The number of rotatable bonds is 3. The molecular formula is C16H20FN3O. The fourth-order valence-electron chi connectivity index (χ4n) is 2.60. The molecule has 1 aliphatic heterocycles. The van der Waals surface area contributed by atoms with Crippen LogP contribution in [-0.4, -0.2) is 37.0 Å². The topological polar surface area (TPSA) is 47.3 Å². The Morgan fingerprint density at radius 2 is 2.00 bits per heavy atom. The molecule has 0 aliphatic carbocycles. The molecule has 0 aromatic heterocycles. The van der Waals surface area contributed by atoms with Gasteiger partial charge < -0.3 is 9.80 Å². The summed E-state index contributed by atoms with van der Waals surface area (Å²) in [6.45, 7) is 6.29. The van der Waals surface area contributed by atoms with Gasteiger partial charge in [0.25, 0.3) is 0 Å². The highest BCUT2D eigenvalue weighted by Gasteiger charge is 2.22. The van der Waals surface area contributed by atoms with Crippen LogP contribution in [-0.2, 0) is 4.79 Å². The lowest BCUT2D eigenvalue weighted by Gasteiger charge is -2.36. The molecule has 4 nitrogen and oxygen atoms in total. The van der Waals surface area contributed by atoms with Crippen molar-refractivity contribution in [3.05, 3.63) is 29.1 Å². The number of nitrogens with zero attached hydrogens (tertiary/aromatic N) is 3. The second kappa shape index (κ2) is 6.57. The van der Waals surface area contributed by atoms with Crippen LogP contribution in [0.5, 0.6) is 0 Å². The van der Waals surface area contributed by atoms with Crippen LogP contribution < -0.4 is 4.90 Å². The Balaban J connectivity index is 2.08. The maximum Gasteiger partial charge on any atom is 0.222 e. The summed E-state index contributed by atoms with van der Waals surface area (Å²) < 4.78 is 14.1. The molecule has 0 radical (unpaired) electrons. The Bertz CT molecular complexity index is 572. The first-order valence-electron chi connectivity index (χ1n) is 7.29. The third kappa shape index (κ3) is 3.33. The number of carbonyl (C=O) groups is 1. The van der Waals surface area contributed by atoms with Crippen LogP contribution in [0.1, 0.15) is 30.9 Å². The summed E-state index contributed by atoms with van der Waals surface area (Å²) in [7, 11) is 0. The molecular weight excluding hydrogens is 269 g/mol. The molecule has 1 saturated heterocycles. The smallest absolute Gasteiger partial charge is 0.222 e. The highest BCUT2D eigenvalue weighted by atomic mass is 19.1. The fraction of sp³-hybridized carbons (Fsp3) is 0.500. The Hall–Kier alpha value is -2.09. The van der Waals surface area contributed by atoms with Crippen molar-refractivity contribution in [2.24, 2.45) is 0 Å². The molecule has 0 spiro atoms. The number of carbonyl (C=O) groups excluding carboxylic acids is 1. The summed E-state index contributed by atoms with van der Waals surface area (Å²) in [5, 5.41) is 8.92. The van der Waals surface area contributed by atoms with Gasteiger partial charge in [-0.05, 0) is 31.0 Å². The van der Waals surface area contributed by atoms with E-state index in [9.17, 15) is 9.18 Å². The number of amides is 1. The van der Waals surface area contributed by atoms with Crippen molar-refractivity contribution in [3.63, 3.8) is 0 Å². The van der Waals surface area contributed by atoms with Crippen LogP contribution in [0.25, 0.3) is 0 Å². The zero-order valence-corrected chi connectivity index (χ0v) is 12.5. The van der Waals surface area contributed by atoms with E-state index in [1.54, 1.807) is 6.07 Å². The summed E-state index contributed by atoms with van der Waals surface area (Å²) in [6.07, 6.45) is 1.42. The Morgan fingerprint density at radius 3 is 2.57 bits per heavy atom. The Kier molecular flexibility index (Phi) is 4.79. The largest absolute Gasteiger partial charge is 0.366 e. The first-order chi connectivity index (χ1) is 10.1. The number of hydrogen-bond donors (Lipinski definition) is 0. The van der Waals surface area contributed by atoms with Crippen LogP contribution in [0.3, 0.4) is 0 Å². The zero-order chi connectivity index (χ0) is 15.4. The lowest BCUT2D eigenvalue weighted by Crippen LogP contribution is -2.49. The number of aryl methyl sites for hydroxylation is 1. The molecule has 5 heteroatoms. The van der Waals surface area contributed by atoms with Crippen molar-refractivity contribution in [2.45, 2.75) is 26.7 Å². The fourth-order valence-corrected chi connectivity index (χ4v) is 2.60. The predicted octanol–water partition coefficient (Wildman–Crippen LogP) is 2.45. The first kappa shape index (κ1) is 15.3. The normalized spacial score (nSPS) is 15.0. The minimum absolute atomic E-state index is 0.175. The van der Waals surface area contributed by atoms with E-state index in [1.165, 1.54) is 6.07 Å². The van der Waals surface area contributed by atoms with E-state index in [0.29, 0.717) is 43.9 Å². The molecule has 1 aliphatic rings. The molecule has 0 saturated carbocycles. The molecule has 1 heterocycles. The summed E-state index contributed by atoms with van der Waals surface area (Å²) in [6, 6.07) is 5.00. The number of benzene rings is 1. The molecule has 1 fully saturated rings. The summed E-state index contributed by atoms with van der Waals surface area (Å²) in [5.41, 5.74) is 1.67. The van der Waals surface area contributed by atoms with Gasteiger partial charge in [0, 0.05) is 32.6 Å². The number of piperazine rings is 1. The van der Waals surface area contributed by atoms with E-state index in [2.05, 4.69) is 0 Å². The lowest BCUT2D eigenvalue weighted by molar-refractivity contribution is -0.131. The van der Waals surface area contributed by atoms with Gasteiger partial charge in [-0.1, -0.05) is 6.92 Å². The molecule has 1 aromatic rings. The van der Waals surface area contributed by atoms with Crippen LogP contribution in [0.15, 0.2) is 12.1 Å². The van der Waals surface area contributed by atoms with Gasteiger partial charge in [0.05, 0.1) is 17.3 Å². The van der Waals surface area contributed by atoms with Gasteiger partial charge in [0.15, 0.2) is 0 Å². The standard InChI is InChI=1S/C16H20FN3O/c1-3-4-16(21)20-7-5-19(6-8-20)15-9-12(2)13(11-18)10-14(15)17/h9-10H,3-8H2,1-2H3. The lowest BCUT2D eigenvalue weighted by atomic mass is 10.1. The second-order valence-corrected chi connectivity index (χ2v) is 5.35. The predicted molar refractivity (Wildman–Crippen MR) is 79.6 cm³/mol. The monoisotopic (exact) mass is 289 g/mol. The van der Waals surface area contributed by atoms with Crippen molar-refractivity contribution in [1.29, 1.82) is 5.26 Å². The Morgan fingerprint density at radius 1 is 1.33 bits per heavy atom. The van der Waals surface area contributed by atoms with Crippen molar-refractivity contribution in [1.82, 2.24) is 4.90 Å². The maximum atomic E-state index is 14.1. The van der Waals surface area contributed by atoms with Crippen LogP contribution >= 0.6 is 0 Å². The summed E-state index contributed by atoms with van der Waals surface area (Å²) >= 11 is 0. The highest BCUT2D eigenvalue weighted by Crippen LogP contribution is 2.24. The molecule has 1 aromatic carbocycles. The van der Waals surface area contributed by atoms with Gasteiger partial charge in [0.2, 0.25) is 5.91 Å². The minimum atomic E-state index is -0.370. The van der Waals surface area contributed by atoms with Gasteiger partial charge in [-0.3, -0.25) is 4.79 Å². The van der Waals surface area contributed by atoms with E-state index >= 15 is 0 Å². The third-order valence-electron chi connectivity index (χ3n) is 3.85. The van der Waals surface area contributed by atoms with E-state index in [-0.39, 0.29) is 11.7 Å². The minimum Gasteiger partial charge on any atom is -0.366 e. The molecule has 0 unspecified atom stereocenters. The number of hydrogen-bond acceptors (Lipinski definition) is 3. The number of nitriles is 1. The van der Waals surface area contributed by atoms with E-state index < -0.39 is 0 Å². The summed E-state index contributed by atoms with van der Waals surface area (Å²) in [5.74, 6) is -0.195. The number of halogens is 1. The van der Waals surface area contributed by atoms with Gasteiger partial charge in [0.1, 0.15) is 5.82 Å². The summed E-state index contributed by atoms with van der Waals surface area (Å²) in [4.78, 5) is 15.6. The van der Waals surface area contributed by atoms with E-state index in [0.717, 1.165) is 12.0 Å². The van der Waals surface area contributed by atoms with Gasteiger partial charge in [-0.25, -0.2) is 4.39 Å². The first-order valence-corrected chi connectivity index (χ1v) is 7.29. The average molecular weight is 289 g/mol. The average Bonchev–Trinajstić information content (AvgIpc) is 2.49. The molecule has 0 atom stereocenters. The van der Waals surface area contributed by atoms with Crippen LogP contribution in [0.2, 0.25) is 0 Å². The molecule has 112 valence electrons. The molecule has 2 rings (SSSR count). The van der Waals surface area contributed by atoms with Crippen LogP contribution in [0.4, 0.5) is 10.1 Å². The maximum absolute atomic E-state index is 14.1. The Labute approximate surface area is 124 Å². The van der Waals surface area contributed by atoms with Gasteiger partial charge in [-0.2, -0.15) is 5.26 Å². The van der Waals surface area contributed by atoms with E-state index in [4.69, 9.17) is 5.26 Å². The SMILES string of the molecule is CCCC(=O)N1CCN(c2cc(C)c(C#N)cc2F)CC1.